The van der Waals surface area contributed by atoms with Gasteiger partial charge in [0.05, 0.1) is 11.5 Å². The third kappa shape index (κ3) is 3.03. The lowest BCUT2D eigenvalue weighted by Gasteiger charge is -2.11. The summed E-state index contributed by atoms with van der Waals surface area (Å²) in [7, 11) is 0. The Morgan fingerprint density at radius 3 is 2.47 bits per heavy atom. The monoisotopic (exact) mass is 271 g/mol. The quantitative estimate of drug-likeness (QED) is 0.549. The first-order valence-electron chi connectivity index (χ1n) is 5.35. The number of hydrogen-bond acceptors (Lipinski definition) is 6. The molecule has 8 nitrogen and oxygen atoms in total. The number of carbonyl (C=O) groups is 1. The predicted molar refractivity (Wildman–Crippen MR) is 63.7 cm³/mol. The summed E-state index contributed by atoms with van der Waals surface area (Å²) in [6, 6.07) is 0.809. The van der Waals surface area contributed by atoms with Gasteiger partial charge in [-0.3, -0.25) is 10.1 Å². The van der Waals surface area contributed by atoms with E-state index in [1.165, 1.54) is 0 Å². The van der Waals surface area contributed by atoms with E-state index in [1.807, 2.05) is 0 Å². The molecule has 0 atom stereocenters. The molecule has 8 heteroatoms. The summed E-state index contributed by atoms with van der Waals surface area (Å²) in [5.74, 6) is -3.92. The summed E-state index contributed by atoms with van der Waals surface area (Å²) in [5.41, 5.74) is -1.81. The highest BCUT2D eigenvalue weighted by Crippen LogP contribution is 2.43. The summed E-state index contributed by atoms with van der Waals surface area (Å²) in [6.45, 7) is 3.72. The van der Waals surface area contributed by atoms with Crippen LogP contribution in [0.2, 0.25) is 0 Å². The maximum absolute atomic E-state index is 10.9. The summed E-state index contributed by atoms with van der Waals surface area (Å²) in [6.07, 6.45) is 0. The maximum Gasteiger partial charge on any atom is 0.353 e. The number of hydrogen-bond donors (Lipinski definition) is 3. The topological polar surface area (TPSA) is 130 Å². The van der Waals surface area contributed by atoms with E-state index in [2.05, 4.69) is 0 Å². The Bertz CT molecular complexity index is 524. The van der Waals surface area contributed by atoms with Crippen molar-refractivity contribution in [1.82, 2.24) is 0 Å². The van der Waals surface area contributed by atoms with E-state index in [1.54, 1.807) is 13.8 Å². The van der Waals surface area contributed by atoms with Crippen molar-refractivity contribution in [2.75, 3.05) is 6.61 Å². The van der Waals surface area contributed by atoms with Gasteiger partial charge in [-0.1, -0.05) is 13.8 Å². The number of benzene rings is 1. The molecular weight excluding hydrogens is 258 g/mol. The number of carboxylic acids is 1. The largest absolute Gasteiger partial charge is 0.507 e. The average molecular weight is 271 g/mol. The molecule has 0 unspecified atom stereocenters. The molecular formula is C11H13NO7. The average Bonchev–Trinajstić information content (AvgIpc) is 2.24. The van der Waals surface area contributed by atoms with Crippen LogP contribution in [0.1, 0.15) is 24.2 Å². The van der Waals surface area contributed by atoms with Gasteiger partial charge in [-0.2, -0.15) is 0 Å². The first-order valence-corrected chi connectivity index (χ1v) is 5.35. The number of carboxylic acid groups (broad SMARTS) is 1. The van der Waals surface area contributed by atoms with Gasteiger partial charge in [-0.15, -0.1) is 0 Å². The molecule has 0 fully saturated rings. The minimum atomic E-state index is -1.67. The molecule has 0 radical (unpaired) electrons. The molecule has 3 N–H and O–H groups in total. The lowest BCUT2D eigenvalue weighted by atomic mass is 10.1. The number of nitro groups is 1. The standard InChI is InChI=1S/C11H13NO7/c1-5(2)4-19-7-3-6(13)8(11(15)16)10(14)9(7)12(17)18/h3,5,13-14H,4H2,1-2H3,(H,15,16). The lowest BCUT2D eigenvalue weighted by molar-refractivity contribution is -0.387. The number of nitro benzene ring substituents is 1. The van der Waals surface area contributed by atoms with Crippen molar-refractivity contribution in [2.24, 2.45) is 5.92 Å². The van der Waals surface area contributed by atoms with Gasteiger partial charge in [0.25, 0.3) is 0 Å². The van der Waals surface area contributed by atoms with Crippen molar-refractivity contribution in [1.29, 1.82) is 0 Å². The fourth-order valence-electron chi connectivity index (χ4n) is 1.37. The van der Waals surface area contributed by atoms with E-state index in [9.17, 15) is 25.1 Å². The van der Waals surface area contributed by atoms with Crippen molar-refractivity contribution in [3.05, 3.63) is 21.7 Å². The molecule has 1 aromatic rings. The molecule has 0 saturated carbocycles. The lowest BCUT2D eigenvalue weighted by Crippen LogP contribution is -2.08. The Hall–Kier alpha value is -2.51. The molecule has 0 aliphatic rings. The summed E-state index contributed by atoms with van der Waals surface area (Å²) >= 11 is 0. The summed E-state index contributed by atoms with van der Waals surface area (Å²) < 4.78 is 5.10. The van der Waals surface area contributed by atoms with Crippen molar-refractivity contribution < 1.29 is 29.8 Å². The van der Waals surface area contributed by atoms with E-state index in [0.717, 1.165) is 6.07 Å². The number of aromatic carboxylic acids is 1. The number of rotatable bonds is 5. The van der Waals surface area contributed by atoms with Crippen LogP contribution in [0.25, 0.3) is 0 Å². The van der Waals surface area contributed by atoms with Crippen LogP contribution in [-0.2, 0) is 0 Å². The third-order valence-corrected chi connectivity index (χ3v) is 2.19. The molecule has 1 aromatic carbocycles. The molecule has 0 aromatic heterocycles. The van der Waals surface area contributed by atoms with Crippen molar-refractivity contribution >= 4 is 11.7 Å². The first-order chi connectivity index (χ1) is 8.75. The van der Waals surface area contributed by atoms with Crippen LogP contribution in [-0.4, -0.2) is 32.8 Å². The third-order valence-electron chi connectivity index (χ3n) is 2.19. The molecule has 0 saturated heterocycles. The van der Waals surface area contributed by atoms with Gasteiger partial charge in [0.2, 0.25) is 11.5 Å². The van der Waals surface area contributed by atoms with Gasteiger partial charge in [0, 0.05) is 6.07 Å². The minimum absolute atomic E-state index is 0.0584. The van der Waals surface area contributed by atoms with Crippen LogP contribution < -0.4 is 4.74 Å². The second kappa shape index (κ2) is 5.42. The Balaban J connectivity index is 3.40. The highest BCUT2D eigenvalue weighted by molar-refractivity contribution is 5.96. The number of aromatic hydroxyl groups is 2. The van der Waals surface area contributed by atoms with E-state index in [-0.39, 0.29) is 18.3 Å². The minimum Gasteiger partial charge on any atom is -0.507 e. The fourth-order valence-corrected chi connectivity index (χ4v) is 1.37. The van der Waals surface area contributed by atoms with Crippen LogP contribution >= 0.6 is 0 Å². The van der Waals surface area contributed by atoms with Crippen LogP contribution in [0, 0.1) is 16.0 Å². The molecule has 0 aliphatic heterocycles. The van der Waals surface area contributed by atoms with Crippen molar-refractivity contribution in [3.63, 3.8) is 0 Å². The zero-order chi connectivity index (χ0) is 14.7. The van der Waals surface area contributed by atoms with Gasteiger partial charge in [0.1, 0.15) is 5.75 Å². The summed E-state index contributed by atoms with van der Waals surface area (Å²) in [4.78, 5) is 20.7. The van der Waals surface area contributed by atoms with Crippen molar-refractivity contribution in [3.8, 4) is 17.2 Å². The second-order valence-electron chi connectivity index (χ2n) is 4.23. The van der Waals surface area contributed by atoms with Crippen LogP contribution in [0.3, 0.4) is 0 Å². The SMILES string of the molecule is CC(C)COc1cc(O)c(C(=O)O)c(O)c1[N+](=O)[O-]. The molecule has 1 rings (SSSR count). The van der Waals surface area contributed by atoms with Gasteiger partial charge >= 0.3 is 11.7 Å². The predicted octanol–water partition coefficient (Wildman–Crippen LogP) is 1.74. The molecule has 0 amide bonds. The number of ether oxygens (including phenoxy) is 1. The Morgan fingerprint density at radius 1 is 1.47 bits per heavy atom. The molecule has 104 valence electrons. The molecule has 0 heterocycles. The second-order valence-corrected chi connectivity index (χ2v) is 4.23. The molecule has 0 bridgehead atoms. The Kier molecular flexibility index (Phi) is 4.15. The zero-order valence-corrected chi connectivity index (χ0v) is 10.3. The van der Waals surface area contributed by atoms with E-state index < -0.39 is 33.6 Å². The first kappa shape index (κ1) is 14.6. The molecule has 0 spiro atoms. The normalized spacial score (nSPS) is 10.5. The van der Waals surface area contributed by atoms with Crippen LogP contribution in [0.4, 0.5) is 5.69 Å². The van der Waals surface area contributed by atoms with E-state index in [0.29, 0.717) is 0 Å². The number of phenols is 2. The van der Waals surface area contributed by atoms with Gasteiger partial charge in [-0.25, -0.2) is 4.79 Å². The maximum atomic E-state index is 10.9. The molecule has 19 heavy (non-hydrogen) atoms. The van der Waals surface area contributed by atoms with Gasteiger partial charge in [0.15, 0.2) is 5.56 Å². The Morgan fingerprint density at radius 2 is 2.05 bits per heavy atom. The van der Waals surface area contributed by atoms with Crippen LogP contribution in [0.5, 0.6) is 17.2 Å². The van der Waals surface area contributed by atoms with E-state index in [4.69, 9.17) is 9.84 Å². The highest BCUT2D eigenvalue weighted by Gasteiger charge is 2.30. The highest BCUT2D eigenvalue weighted by atomic mass is 16.6. The van der Waals surface area contributed by atoms with Gasteiger partial charge < -0.3 is 20.1 Å². The molecule has 0 aliphatic carbocycles. The number of nitrogens with zero attached hydrogens (tertiary/aromatic N) is 1. The Labute approximate surface area is 108 Å². The van der Waals surface area contributed by atoms with E-state index >= 15 is 0 Å². The fraction of sp³-hybridized carbons (Fsp3) is 0.364. The van der Waals surface area contributed by atoms with Crippen molar-refractivity contribution in [2.45, 2.75) is 13.8 Å². The van der Waals surface area contributed by atoms with Gasteiger partial charge in [-0.05, 0) is 5.92 Å². The smallest absolute Gasteiger partial charge is 0.353 e. The summed E-state index contributed by atoms with van der Waals surface area (Å²) in [5, 5.41) is 38.7. The zero-order valence-electron chi connectivity index (χ0n) is 10.3. The van der Waals surface area contributed by atoms with Crippen LogP contribution in [0.15, 0.2) is 6.07 Å².